The number of carbonyl (C=O) groups excluding carboxylic acids is 1. The fraction of sp³-hybridized carbons (Fsp3) is 0.167. The van der Waals surface area contributed by atoms with E-state index in [4.69, 9.17) is 9.47 Å². The summed E-state index contributed by atoms with van der Waals surface area (Å²) in [4.78, 5) is 39.1. The molecule has 0 N–H and O–H groups in total. The van der Waals surface area contributed by atoms with Crippen LogP contribution >= 0.6 is 0 Å². The number of hydrogen-bond donors (Lipinski definition) is 0. The van der Waals surface area contributed by atoms with Gasteiger partial charge in [-0.05, 0) is 30.7 Å². The van der Waals surface area contributed by atoms with Gasteiger partial charge in [-0.25, -0.2) is 9.78 Å². The fourth-order valence-corrected chi connectivity index (χ4v) is 2.51. The maximum absolute atomic E-state index is 12.3. The summed E-state index contributed by atoms with van der Waals surface area (Å²) in [6, 6.07) is 8.40. The van der Waals surface area contributed by atoms with Gasteiger partial charge in [0.2, 0.25) is 0 Å². The Labute approximate surface area is 152 Å². The SMILES string of the molecule is COc1ccc([N+](=O)[O-])cc1C(=O)OCc1cc(=O)n2ccc(C)cc2n1. The molecule has 0 fully saturated rings. The molecule has 1 aromatic carbocycles. The van der Waals surface area contributed by atoms with Gasteiger partial charge in [-0.3, -0.25) is 19.3 Å². The molecule has 0 unspecified atom stereocenters. The summed E-state index contributed by atoms with van der Waals surface area (Å²) in [5.74, 6) is -0.672. The molecule has 3 rings (SSSR count). The Balaban J connectivity index is 1.86. The number of nitrogens with zero attached hydrogens (tertiary/aromatic N) is 3. The van der Waals surface area contributed by atoms with Crippen molar-refractivity contribution in [1.82, 2.24) is 9.38 Å². The number of aryl methyl sites for hydroxylation is 1. The van der Waals surface area contributed by atoms with Crippen molar-refractivity contribution >= 4 is 17.3 Å². The number of methoxy groups -OCH3 is 1. The summed E-state index contributed by atoms with van der Waals surface area (Å²) in [6.45, 7) is 1.61. The van der Waals surface area contributed by atoms with Crippen LogP contribution in [0.3, 0.4) is 0 Å². The average molecular weight is 369 g/mol. The topological polar surface area (TPSA) is 113 Å². The van der Waals surface area contributed by atoms with E-state index in [0.717, 1.165) is 11.6 Å². The summed E-state index contributed by atoms with van der Waals surface area (Å²) in [5.41, 5.74) is 0.974. The molecule has 2 aromatic heterocycles. The highest BCUT2D eigenvalue weighted by atomic mass is 16.6. The van der Waals surface area contributed by atoms with E-state index < -0.39 is 10.9 Å². The minimum absolute atomic E-state index is 0.0833. The molecular formula is C18H15N3O6. The number of fused-ring (bicyclic) bond motifs is 1. The van der Waals surface area contributed by atoms with Gasteiger partial charge in [-0.2, -0.15) is 0 Å². The van der Waals surface area contributed by atoms with Crippen molar-refractivity contribution in [1.29, 1.82) is 0 Å². The van der Waals surface area contributed by atoms with Gasteiger partial charge in [0.15, 0.2) is 0 Å². The molecule has 0 saturated carbocycles. The molecule has 0 atom stereocenters. The summed E-state index contributed by atoms with van der Waals surface area (Å²) in [5, 5.41) is 10.9. The normalized spacial score (nSPS) is 10.6. The third kappa shape index (κ3) is 3.76. The quantitative estimate of drug-likeness (QED) is 0.385. The molecule has 0 amide bonds. The fourth-order valence-electron chi connectivity index (χ4n) is 2.51. The Kier molecular flexibility index (Phi) is 4.84. The van der Waals surface area contributed by atoms with Crippen molar-refractivity contribution in [3.05, 3.63) is 79.9 Å². The van der Waals surface area contributed by atoms with Crippen LogP contribution in [0.4, 0.5) is 5.69 Å². The number of benzene rings is 1. The van der Waals surface area contributed by atoms with Gasteiger partial charge in [-0.15, -0.1) is 0 Å². The zero-order chi connectivity index (χ0) is 19.6. The minimum Gasteiger partial charge on any atom is -0.496 e. The number of hydrogen-bond acceptors (Lipinski definition) is 7. The van der Waals surface area contributed by atoms with Crippen LogP contribution in [0.25, 0.3) is 5.65 Å². The first-order valence-corrected chi connectivity index (χ1v) is 7.87. The molecule has 9 nitrogen and oxygen atoms in total. The van der Waals surface area contributed by atoms with Crippen molar-refractivity contribution in [2.75, 3.05) is 7.11 Å². The van der Waals surface area contributed by atoms with Crippen LogP contribution in [-0.4, -0.2) is 27.4 Å². The molecule has 0 radical (unpaired) electrons. The smallest absolute Gasteiger partial charge is 0.342 e. The number of carbonyl (C=O) groups is 1. The maximum atomic E-state index is 12.3. The zero-order valence-corrected chi connectivity index (χ0v) is 14.5. The molecule has 138 valence electrons. The van der Waals surface area contributed by atoms with Crippen molar-refractivity contribution < 1.29 is 19.2 Å². The molecule has 0 bridgehead atoms. The van der Waals surface area contributed by atoms with Crippen molar-refractivity contribution in [2.24, 2.45) is 0 Å². The number of pyridine rings is 1. The largest absolute Gasteiger partial charge is 0.496 e. The highest BCUT2D eigenvalue weighted by Gasteiger charge is 2.19. The van der Waals surface area contributed by atoms with Crippen molar-refractivity contribution in [2.45, 2.75) is 13.5 Å². The number of nitro benzene ring substituents is 1. The van der Waals surface area contributed by atoms with Crippen molar-refractivity contribution in [3.8, 4) is 5.75 Å². The third-order valence-electron chi connectivity index (χ3n) is 3.84. The van der Waals surface area contributed by atoms with E-state index in [1.54, 1.807) is 18.3 Å². The van der Waals surface area contributed by atoms with E-state index in [2.05, 4.69) is 4.98 Å². The Bertz CT molecular complexity index is 1110. The number of nitro groups is 1. The summed E-state index contributed by atoms with van der Waals surface area (Å²) in [6.07, 6.45) is 1.61. The molecule has 3 aromatic rings. The number of esters is 1. The number of non-ortho nitro benzene ring substituents is 1. The lowest BCUT2D eigenvalue weighted by molar-refractivity contribution is -0.384. The van der Waals surface area contributed by atoms with Gasteiger partial charge in [0, 0.05) is 24.4 Å². The van der Waals surface area contributed by atoms with Crippen LogP contribution in [0.15, 0.2) is 47.4 Å². The van der Waals surface area contributed by atoms with Gasteiger partial charge >= 0.3 is 5.97 Å². The van der Waals surface area contributed by atoms with Crippen LogP contribution in [0, 0.1) is 17.0 Å². The van der Waals surface area contributed by atoms with Gasteiger partial charge in [0.1, 0.15) is 23.6 Å². The van der Waals surface area contributed by atoms with E-state index in [1.807, 2.05) is 6.92 Å². The zero-order valence-electron chi connectivity index (χ0n) is 14.5. The number of aromatic nitrogens is 2. The van der Waals surface area contributed by atoms with Crippen LogP contribution < -0.4 is 10.3 Å². The Morgan fingerprint density at radius 1 is 1.26 bits per heavy atom. The summed E-state index contributed by atoms with van der Waals surface area (Å²) >= 11 is 0. The van der Waals surface area contributed by atoms with Crippen LogP contribution in [0.1, 0.15) is 21.6 Å². The third-order valence-corrected chi connectivity index (χ3v) is 3.84. The molecule has 0 aliphatic rings. The molecule has 9 heteroatoms. The monoisotopic (exact) mass is 369 g/mol. The molecule has 0 saturated heterocycles. The second kappa shape index (κ2) is 7.24. The Hall–Kier alpha value is -3.75. The Morgan fingerprint density at radius 2 is 2.04 bits per heavy atom. The second-order valence-corrected chi connectivity index (χ2v) is 5.74. The molecule has 27 heavy (non-hydrogen) atoms. The predicted molar refractivity (Wildman–Crippen MR) is 95.0 cm³/mol. The van der Waals surface area contributed by atoms with Gasteiger partial charge < -0.3 is 9.47 Å². The first kappa shape index (κ1) is 18.1. The Morgan fingerprint density at radius 3 is 2.74 bits per heavy atom. The predicted octanol–water partition coefficient (Wildman–Crippen LogP) is 2.28. The first-order valence-electron chi connectivity index (χ1n) is 7.87. The highest BCUT2D eigenvalue weighted by Crippen LogP contribution is 2.25. The molecule has 0 aliphatic heterocycles. The number of ether oxygens (including phenoxy) is 2. The van der Waals surface area contributed by atoms with Crippen molar-refractivity contribution in [3.63, 3.8) is 0 Å². The van der Waals surface area contributed by atoms with E-state index in [1.165, 1.54) is 29.7 Å². The van der Waals surface area contributed by atoms with Crippen LogP contribution in [0.2, 0.25) is 0 Å². The van der Waals surface area contributed by atoms with Crippen LogP contribution in [0.5, 0.6) is 5.75 Å². The van der Waals surface area contributed by atoms with E-state index >= 15 is 0 Å². The van der Waals surface area contributed by atoms with Crippen LogP contribution in [-0.2, 0) is 11.3 Å². The lowest BCUT2D eigenvalue weighted by atomic mass is 10.2. The average Bonchev–Trinajstić information content (AvgIpc) is 2.65. The standard InChI is InChI=1S/C18H15N3O6/c1-11-5-6-20-16(7-11)19-12(8-17(20)22)10-27-18(23)14-9-13(21(24)25)3-4-15(14)26-2/h3-9H,10H2,1-2H3. The maximum Gasteiger partial charge on any atom is 0.342 e. The molecule has 2 heterocycles. The summed E-state index contributed by atoms with van der Waals surface area (Å²) in [7, 11) is 1.34. The van der Waals surface area contributed by atoms with E-state index in [0.29, 0.717) is 5.65 Å². The first-order chi connectivity index (χ1) is 12.9. The van der Waals surface area contributed by atoms with Gasteiger partial charge in [0.25, 0.3) is 11.2 Å². The molecular weight excluding hydrogens is 354 g/mol. The molecule has 0 aliphatic carbocycles. The minimum atomic E-state index is -0.818. The highest BCUT2D eigenvalue weighted by molar-refractivity contribution is 5.93. The van der Waals surface area contributed by atoms with E-state index in [-0.39, 0.29) is 34.9 Å². The van der Waals surface area contributed by atoms with E-state index in [9.17, 15) is 19.7 Å². The van der Waals surface area contributed by atoms with Gasteiger partial charge in [0.05, 0.1) is 17.7 Å². The summed E-state index contributed by atoms with van der Waals surface area (Å²) < 4.78 is 11.6. The lowest BCUT2D eigenvalue weighted by Crippen LogP contribution is -2.17. The number of rotatable bonds is 5. The molecule has 0 spiro atoms. The lowest BCUT2D eigenvalue weighted by Gasteiger charge is -2.09. The second-order valence-electron chi connectivity index (χ2n) is 5.74. The van der Waals surface area contributed by atoms with Gasteiger partial charge in [-0.1, -0.05) is 0 Å².